The maximum atomic E-state index is 12.2. The molecule has 3 nitrogen and oxygen atoms in total. The highest BCUT2D eigenvalue weighted by atomic mass is 16.5. The molecule has 0 spiro atoms. The number of aryl methyl sites for hydroxylation is 1. The summed E-state index contributed by atoms with van der Waals surface area (Å²) >= 11 is 0. The van der Waals surface area contributed by atoms with Gasteiger partial charge in [0.1, 0.15) is 5.75 Å². The van der Waals surface area contributed by atoms with Gasteiger partial charge < -0.3 is 9.64 Å². The molecule has 21 heavy (non-hydrogen) atoms. The van der Waals surface area contributed by atoms with Crippen LogP contribution in [0.15, 0.2) is 48.5 Å². The topological polar surface area (TPSA) is 29.5 Å². The van der Waals surface area contributed by atoms with Crippen molar-refractivity contribution in [1.29, 1.82) is 0 Å². The van der Waals surface area contributed by atoms with Gasteiger partial charge in [0.15, 0.2) is 6.61 Å². The Kier molecular flexibility index (Phi) is 3.91. The second kappa shape index (κ2) is 6.00. The summed E-state index contributed by atoms with van der Waals surface area (Å²) in [4.78, 5) is 14.1. The number of hydrogen-bond acceptors (Lipinski definition) is 2. The number of hydrogen-bond donors (Lipinski definition) is 0. The first kappa shape index (κ1) is 13.7. The van der Waals surface area contributed by atoms with Crippen molar-refractivity contribution in [3.8, 4) is 5.75 Å². The Hall–Kier alpha value is -2.29. The molecule has 0 atom stereocenters. The molecular weight excluding hydrogens is 262 g/mol. The van der Waals surface area contributed by atoms with Gasteiger partial charge in [-0.3, -0.25) is 4.79 Å². The summed E-state index contributed by atoms with van der Waals surface area (Å²) in [5.74, 6) is 0.788. The molecule has 3 rings (SSSR count). The molecule has 0 unspecified atom stereocenters. The lowest BCUT2D eigenvalue weighted by Gasteiger charge is -2.28. The van der Waals surface area contributed by atoms with Gasteiger partial charge in [0.2, 0.25) is 0 Å². The van der Waals surface area contributed by atoms with Gasteiger partial charge >= 0.3 is 0 Å². The minimum absolute atomic E-state index is 0.0464. The van der Waals surface area contributed by atoms with Gasteiger partial charge in [0.25, 0.3) is 5.91 Å². The van der Waals surface area contributed by atoms with E-state index in [9.17, 15) is 4.79 Å². The van der Waals surface area contributed by atoms with Gasteiger partial charge in [0, 0.05) is 13.1 Å². The van der Waals surface area contributed by atoms with Crippen molar-refractivity contribution in [3.05, 3.63) is 65.2 Å². The fourth-order valence-electron chi connectivity index (χ4n) is 2.58. The van der Waals surface area contributed by atoms with Crippen LogP contribution in [-0.4, -0.2) is 24.0 Å². The molecular formula is C18H19NO2. The molecule has 0 aromatic heterocycles. The molecule has 1 aliphatic heterocycles. The normalized spacial score (nSPS) is 13.7. The van der Waals surface area contributed by atoms with Crippen molar-refractivity contribution in [2.45, 2.75) is 19.9 Å². The predicted molar refractivity (Wildman–Crippen MR) is 82.2 cm³/mol. The number of carbonyl (C=O) groups is 1. The van der Waals surface area contributed by atoms with Crippen molar-refractivity contribution >= 4 is 5.91 Å². The largest absolute Gasteiger partial charge is 0.484 e. The van der Waals surface area contributed by atoms with E-state index in [1.165, 1.54) is 16.7 Å². The summed E-state index contributed by atoms with van der Waals surface area (Å²) in [7, 11) is 0. The molecule has 0 bridgehead atoms. The van der Waals surface area contributed by atoms with E-state index >= 15 is 0 Å². The lowest BCUT2D eigenvalue weighted by atomic mass is 10.00. The standard InChI is InChI=1S/C18H19NO2/c1-14-6-8-17(9-7-14)21-13-18(20)19-11-10-15-4-2-3-5-16(15)12-19/h2-9H,10-13H2,1H3. The number of ether oxygens (including phenoxy) is 1. The lowest BCUT2D eigenvalue weighted by molar-refractivity contribution is -0.134. The van der Waals surface area contributed by atoms with E-state index in [0.29, 0.717) is 6.54 Å². The zero-order valence-electron chi connectivity index (χ0n) is 12.2. The summed E-state index contributed by atoms with van der Waals surface area (Å²) < 4.78 is 5.57. The smallest absolute Gasteiger partial charge is 0.260 e. The Morgan fingerprint density at radius 1 is 1.10 bits per heavy atom. The van der Waals surface area contributed by atoms with Crippen molar-refractivity contribution < 1.29 is 9.53 Å². The van der Waals surface area contributed by atoms with Crippen molar-refractivity contribution in [3.63, 3.8) is 0 Å². The molecule has 108 valence electrons. The van der Waals surface area contributed by atoms with E-state index in [0.717, 1.165) is 18.7 Å². The van der Waals surface area contributed by atoms with Crippen molar-refractivity contribution in [2.75, 3.05) is 13.2 Å². The first-order valence-corrected chi connectivity index (χ1v) is 7.26. The molecule has 0 saturated carbocycles. The van der Waals surface area contributed by atoms with E-state index in [-0.39, 0.29) is 12.5 Å². The fourth-order valence-corrected chi connectivity index (χ4v) is 2.58. The second-order valence-electron chi connectivity index (χ2n) is 5.44. The van der Waals surface area contributed by atoms with Crippen LogP contribution in [0.3, 0.4) is 0 Å². The van der Waals surface area contributed by atoms with Gasteiger partial charge in [0.05, 0.1) is 0 Å². The zero-order chi connectivity index (χ0) is 14.7. The van der Waals surface area contributed by atoms with Crippen LogP contribution >= 0.6 is 0 Å². The third kappa shape index (κ3) is 3.24. The van der Waals surface area contributed by atoms with Gasteiger partial charge in [-0.05, 0) is 36.6 Å². The molecule has 0 N–H and O–H groups in total. The van der Waals surface area contributed by atoms with E-state index in [4.69, 9.17) is 4.74 Å². The number of rotatable bonds is 3. The van der Waals surface area contributed by atoms with Gasteiger partial charge in [-0.15, -0.1) is 0 Å². The number of carbonyl (C=O) groups excluding carboxylic acids is 1. The molecule has 0 radical (unpaired) electrons. The van der Waals surface area contributed by atoms with Gasteiger partial charge in [-0.2, -0.15) is 0 Å². The Balaban J connectivity index is 1.58. The van der Waals surface area contributed by atoms with E-state index < -0.39 is 0 Å². The average Bonchev–Trinajstić information content (AvgIpc) is 2.53. The summed E-state index contributed by atoms with van der Waals surface area (Å²) in [5, 5.41) is 0. The van der Waals surface area contributed by atoms with Crippen LogP contribution in [0, 0.1) is 6.92 Å². The number of fused-ring (bicyclic) bond motifs is 1. The highest BCUT2D eigenvalue weighted by Gasteiger charge is 2.20. The van der Waals surface area contributed by atoms with E-state index in [2.05, 4.69) is 18.2 Å². The molecule has 1 amide bonds. The quantitative estimate of drug-likeness (QED) is 0.865. The maximum absolute atomic E-state index is 12.2. The Labute approximate surface area is 125 Å². The Morgan fingerprint density at radius 3 is 2.57 bits per heavy atom. The second-order valence-corrected chi connectivity index (χ2v) is 5.44. The first-order chi connectivity index (χ1) is 10.2. The van der Waals surface area contributed by atoms with Crippen LogP contribution in [0.1, 0.15) is 16.7 Å². The van der Waals surface area contributed by atoms with Crippen LogP contribution in [0.4, 0.5) is 0 Å². The predicted octanol–water partition coefficient (Wildman–Crippen LogP) is 2.96. The molecule has 1 heterocycles. The minimum atomic E-state index is 0.0464. The molecule has 2 aromatic rings. The third-order valence-electron chi connectivity index (χ3n) is 3.87. The monoisotopic (exact) mass is 281 g/mol. The van der Waals surface area contributed by atoms with Gasteiger partial charge in [-0.25, -0.2) is 0 Å². The molecule has 0 aliphatic carbocycles. The van der Waals surface area contributed by atoms with Crippen molar-refractivity contribution in [2.24, 2.45) is 0 Å². The summed E-state index contributed by atoms with van der Waals surface area (Å²) in [5.41, 5.74) is 3.77. The zero-order valence-corrected chi connectivity index (χ0v) is 12.2. The van der Waals surface area contributed by atoms with Crippen LogP contribution in [0.5, 0.6) is 5.75 Å². The minimum Gasteiger partial charge on any atom is -0.484 e. The molecule has 2 aromatic carbocycles. The van der Waals surface area contributed by atoms with Gasteiger partial charge in [-0.1, -0.05) is 42.0 Å². The molecule has 1 aliphatic rings. The van der Waals surface area contributed by atoms with Crippen LogP contribution in [0.2, 0.25) is 0 Å². The number of amides is 1. The van der Waals surface area contributed by atoms with Crippen molar-refractivity contribution in [1.82, 2.24) is 4.90 Å². The highest BCUT2D eigenvalue weighted by molar-refractivity contribution is 5.78. The van der Waals surface area contributed by atoms with E-state index in [1.807, 2.05) is 42.2 Å². The Morgan fingerprint density at radius 2 is 1.81 bits per heavy atom. The SMILES string of the molecule is Cc1ccc(OCC(=O)N2CCc3ccccc3C2)cc1. The highest BCUT2D eigenvalue weighted by Crippen LogP contribution is 2.19. The molecule has 0 fully saturated rings. The van der Waals surface area contributed by atoms with E-state index in [1.54, 1.807) is 0 Å². The number of benzene rings is 2. The fraction of sp³-hybridized carbons (Fsp3) is 0.278. The molecule has 0 saturated heterocycles. The Bertz CT molecular complexity index is 634. The summed E-state index contributed by atoms with van der Waals surface area (Å²) in [6, 6.07) is 16.1. The first-order valence-electron chi connectivity index (χ1n) is 7.26. The van der Waals surface area contributed by atoms with Crippen LogP contribution < -0.4 is 4.74 Å². The third-order valence-corrected chi connectivity index (χ3v) is 3.87. The number of nitrogens with zero attached hydrogens (tertiary/aromatic N) is 1. The maximum Gasteiger partial charge on any atom is 0.260 e. The molecule has 3 heteroatoms. The van der Waals surface area contributed by atoms with Crippen LogP contribution in [0.25, 0.3) is 0 Å². The average molecular weight is 281 g/mol. The summed E-state index contributed by atoms with van der Waals surface area (Å²) in [6.07, 6.45) is 0.923. The lowest BCUT2D eigenvalue weighted by Crippen LogP contribution is -2.38. The summed E-state index contributed by atoms with van der Waals surface area (Å²) in [6.45, 7) is 3.59. The van der Waals surface area contributed by atoms with Crippen LogP contribution in [-0.2, 0) is 17.8 Å².